The molecule has 0 rings (SSSR count). The fourth-order valence-electron chi connectivity index (χ4n) is 0.0797. The summed E-state index contributed by atoms with van der Waals surface area (Å²) in [5, 5.41) is 7.60. The van der Waals surface area contributed by atoms with E-state index in [0.29, 0.717) is 0 Å². The minimum absolute atomic E-state index is 0.896. The topological polar surface area (TPSA) is 76.4 Å². The smallest absolute Gasteiger partial charge is 0.281 e. The molecule has 0 bridgehead atoms. The van der Waals surface area contributed by atoms with Crippen molar-refractivity contribution in [2.75, 3.05) is 7.11 Å². The van der Waals surface area contributed by atoms with Crippen molar-refractivity contribution in [3.8, 4) is 6.26 Å². The summed E-state index contributed by atoms with van der Waals surface area (Å²) < 4.78 is 27.0. The van der Waals surface area contributed by atoms with Gasteiger partial charge in [0.1, 0.15) is 0 Å². The van der Waals surface area contributed by atoms with Gasteiger partial charge in [-0.3, -0.25) is 4.18 Å². The molecule has 0 heterocycles. The van der Waals surface area contributed by atoms with Crippen LogP contribution >= 0.6 is 0 Å². The van der Waals surface area contributed by atoms with Gasteiger partial charge in [0, 0.05) is 0 Å². The number of nitrogens with zero attached hydrogens (tertiary/aromatic N) is 1. The first-order valence-electron chi connectivity index (χ1n) is 1.50. The Bertz CT molecular complexity index is 187. The van der Waals surface area contributed by atoms with E-state index in [2.05, 4.69) is 8.37 Å². The van der Waals surface area contributed by atoms with Gasteiger partial charge in [-0.25, -0.2) is 4.18 Å². The molecule has 0 aliphatic rings. The predicted molar refractivity (Wildman–Crippen MR) is 22.6 cm³/mol. The molecule has 0 saturated heterocycles. The van der Waals surface area contributed by atoms with Gasteiger partial charge in [-0.2, -0.15) is 8.42 Å². The predicted octanol–water partition coefficient (Wildman–Crippen LogP) is -0.625. The van der Waals surface area contributed by atoms with Crippen LogP contribution in [0.15, 0.2) is 0 Å². The first-order chi connectivity index (χ1) is 3.62. The van der Waals surface area contributed by atoms with Crippen LogP contribution in [0.3, 0.4) is 0 Å². The van der Waals surface area contributed by atoms with Gasteiger partial charge in [0.05, 0.1) is 7.11 Å². The van der Waals surface area contributed by atoms with Gasteiger partial charge in [0.2, 0.25) is 0 Å². The summed E-state index contributed by atoms with van der Waals surface area (Å²) in [5.41, 5.74) is 0. The zero-order valence-electron chi connectivity index (χ0n) is 3.99. The molecule has 0 fully saturated rings. The lowest BCUT2D eigenvalue weighted by molar-refractivity contribution is 0.316. The molecule has 0 spiro atoms. The molecule has 0 aliphatic carbocycles. The van der Waals surface area contributed by atoms with Crippen LogP contribution in [0.1, 0.15) is 0 Å². The summed E-state index contributed by atoms with van der Waals surface area (Å²) in [5.74, 6) is 0. The van der Waals surface area contributed by atoms with Gasteiger partial charge >= 0.3 is 16.7 Å². The third-order valence-electron chi connectivity index (χ3n) is 0.343. The minimum atomic E-state index is -4.03. The largest absolute Gasteiger partial charge is 0.458 e. The van der Waals surface area contributed by atoms with Crippen LogP contribution in [0.2, 0.25) is 0 Å². The SMILES string of the molecule is COS(=O)(=O)OC#N. The van der Waals surface area contributed by atoms with E-state index in [1.165, 1.54) is 0 Å². The molecule has 0 aromatic heterocycles. The lowest BCUT2D eigenvalue weighted by Crippen LogP contribution is -2.02. The van der Waals surface area contributed by atoms with E-state index >= 15 is 0 Å². The van der Waals surface area contributed by atoms with Crippen molar-refractivity contribution in [2.24, 2.45) is 0 Å². The quantitative estimate of drug-likeness (QED) is 0.474. The Balaban J connectivity index is 4.01. The van der Waals surface area contributed by atoms with Crippen molar-refractivity contribution in [1.82, 2.24) is 0 Å². The highest BCUT2D eigenvalue weighted by Gasteiger charge is 2.06. The Hall–Kier alpha value is -0.800. The average molecular weight is 137 g/mol. The van der Waals surface area contributed by atoms with Crippen molar-refractivity contribution in [1.29, 1.82) is 5.26 Å². The third kappa shape index (κ3) is 2.39. The number of nitriles is 1. The van der Waals surface area contributed by atoms with Crippen LogP contribution in [-0.4, -0.2) is 15.5 Å². The molecule has 0 aromatic rings. The van der Waals surface area contributed by atoms with Gasteiger partial charge in [0.25, 0.3) is 0 Å². The number of rotatable bonds is 2. The van der Waals surface area contributed by atoms with Crippen LogP contribution < -0.4 is 0 Å². The zero-order valence-corrected chi connectivity index (χ0v) is 4.80. The van der Waals surface area contributed by atoms with Crippen molar-refractivity contribution < 1.29 is 16.8 Å². The van der Waals surface area contributed by atoms with E-state index in [1.807, 2.05) is 0 Å². The van der Waals surface area contributed by atoms with Gasteiger partial charge in [-0.1, -0.05) is 0 Å². The summed E-state index contributed by atoms with van der Waals surface area (Å²) in [6.45, 7) is 0. The Morgan fingerprint density at radius 3 is 2.25 bits per heavy atom. The molecule has 5 nitrogen and oxygen atoms in total. The highest BCUT2D eigenvalue weighted by molar-refractivity contribution is 7.82. The normalized spacial score (nSPS) is 10.0. The summed E-state index contributed by atoms with van der Waals surface area (Å²) in [6, 6.07) is 0. The second-order valence-corrected chi connectivity index (χ2v) is 2.07. The molecular weight excluding hydrogens is 134 g/mol. The van der Waals surface area contributed by atoms with Gasteiger partial charge in [0.15, 0.2) is 0 Å². The fraction of sp³-hybridized carbons (Fsp3) is 0.500. The van der Waals surface area contributed by atoms with Gasteiger partial charge in [-0.15, -0.1) is 5.26 Å². The highest BCUT2D eigenvalue weighted by atomic mass is 32.3. The van der Waals surface area contributed by atoms with E-state index in [-0.39, 0.29) is 0 Å². The van der Waals surface area contributed by atoms with Crippen LogP contribution in [0, 0.1) is 11.5 Å². The molecule has 8 heavy (non-hydrogen) atoms. The Labute approximate surface area is 46.8 Å². The standard InChI is InChI=1S/C2H3NO4S/c1-6-8(4,5)7-2-3/h1H3. The summed E-state index contributed by atoms with van der Waals surface area (Å²) in [6.07, 6.45) is 0.946. The maximum Gasteiger partial charge on any atom is 0.458 e. The highest BCUT2D eigenvalue weighted by Crippen LogP contribution is 1.88. The summed E-state index contributed by atoms with van der Waals surface area (Å²) >= 11 is 0. The van der Waals surface area contributed by atoms with E-state index in [0.717, 1.165) is 13.4 Å². The molecule has 0 aliphatic heterocycles. The number of hydrogen-bond acceptors (Lipinski definition) is 5. The maximum atomic E-state index is 9.93. The molecule has 0 saturated carbocycles. The third-order valence-corrected chi connectivity index (χ3v) is 1.03. The van der Waals surface area contributed by atoms with E-state index in [4.69, 9.17) is 5.26 Å². The second-order valence-electron chi connectivity index (χ2n) is 0.750. The molecule has 0 radical (unpaired) electrons. The second kappa shape index (κ2) is 2.49. The van der Waals surface area contributed by atoms with Gasteiger partial charge < -0.3 is 0 Å². The molecule has 0 amide bonds. The van der Waals surface area contributed by atoms with Crippen molar-refractivity contribution in [2.45, 2.75) is 0 Å². The number of hydrogen-bond donors (Lipinski definition) is 0. The fourth-order valence-corrected chi connectivity index (χ4v) is 0.239. The summed E-state index contributed by atoms with van der Waals surface area (Å²) in [7, 11) is -3.14. The lowest BCUT2D eigenvalue weighted by atomic mass is 11.6. The van der Waals surface area contributed by atoms with Crippen molar-refractivity contribution in [3.63, 3.8) is 0 Å². The van der Waals surface area contributed by atoms with E-state index in [1.54, 1.807) is 0 Å². The maximum absolute atomic E-state index is 9.93. The van der Waals surface area contributed by atoms with Crippen molar-refractivity contribution in [3.05, 3.63) is 0 Å². The molecule has 6 heteroatoms. The van der Waals surface area contributed by atoms with E-state index in [9.17, 15) is 8.42 Å². The van der Waals surface area contributed by atoms with Crippen LogP contribution in [0.25, 0.3) is 0 Å². The Morgan fingerprint density at radius 1 is 1.62 bits per heavy atom. The Kier molecular flexibility index (Phi) is 2.24. The van der Waals surface area contributed by atoms with Crippen LogP contribution in [0.4, 0.5) is 0 Å². The molecule has 0 atom stereocenters. The van der Waals surface area contributed by atoms with Crippen LogP contribution in [0.5, 0.6) is 0 Å². The lowest BCUT2D eigenvalue weighted by Gasteiger charge is -1.89. The Morgan fingerprint density at radius 2 is 2.12 bits per heavy atom. The van der Waals surface area contributed by atoms with E-state index < -0.39 is 10.4 Å². The van der Waals surface area contributed by atoms with Crippen molar-refractivity contribution >= 4 is 10.4 Å². The molecule has 0 N–H and O–H groups in total. The zero-order chi connectivity index (χ0) is 6.62. The molecule has 0 unspecified atom stereocenters. The van der Waals surface area contributed by atoms with Gasteiger partial charge in [-0.05, 0) is 0 Å². The molecular formula is C2H3NO4S. The molecule has 46 valence electrons. The first kappa shape index (κ1) is 7.20. The summed E-state index contributed by atoms with van der Waals surface area (Å²) in [4.78, 5) is 0. The first-order valence-corrected chi connectivity index (χ1v) is 2.84. The monoisotopic (exact) mass is 137 g/mol. The minimum Gasteiger partial charge on any atom is -0.281 e. The average Bonchev–Trinajstić information content (AvgIpc) is 1.67. The molecule has 0 aromatic carbocycles. The van der Waals surface area contributed by atoms with Crippen LogP contribution in [-0.2, 0) is 18.8 Å².